The van der Waals surface area contributed by atoms with Crippen LogP contribution < -0.4 is 5.73 Å². The molecule has 3 heteroatoms. The van der Waals surface area contributed by atoms with E-state index < -0.39 is 5.97 Å². The Bertz CT molecular complexity index is 94.8. The molecule has 0 aliphatic heterocycles. The van der Waals surface area contributed by atoms with Crippen molar-refractivity contribution in [3.63, 3.8) is 0 Å². The fourth-order valence-corrected chi connectivity index (χ4v) is 0. The van der Waals surface area contributed by atoms with E-state index in [9.17, 15) is 4.79 Å². The Kier molecular flexibility index (Phi) is 24.0. The van der Waals surface area contributed by atoms with Crippen molar-refractivity contribution < 1.29 is 9.90 Å². The zero-order valence-corrected chi connectivity index (χ0v) is 7.37. The lowest BCUT2D eigenvalue weighted by molar-refractivity contribution is -0.135. The molecule has 0 unspecified atom stereocenters. The van der Waals surface area contributed by atoms with Crippen LogP contribution in [0.15, 0.2) is 0 Å². The summed E-state index contributed by atoms with van der Waals surface area (Å²) in [6.45, 7) is 6.22. The molecule has 11 heavy (non-hydrogen) atoms. The van der Waals surface area contributed by atoms with Gasteiger partial charge in [-0.05, 0) is 5.92 Å². The average Bonchev–Trinajstić information content (AvgIpc) is 1.91. The second kappa shape index (κ2) is 16.0. The third kappa shape index (κ3) is 448. The van der Waals surface area contributed by atoms with Crippen LogP contribution in [-0.4, -0.2) is 17.6 Å². The van der Waals surface area contributed by atoms with Crippen LogP contribution in [0.3, 0.4) is 0 Å². The number of carboxylic acid groups (broad SMARTS) is 1. The van der Waals surface area contributed by atoms with Crippen molar-refractivity contribution in [3.8, 4) is 12.8 Å². The molecule has 0 heterocycles. The highest BCUT2D eigenvalue weighted by Crippen LogP contribution is 1.81. The van der Waals surface area contributed by atoms with Crippen LogP contribution in [0, 0.1) is 18.8 Å². The molecular formula is C8H17NO2. The van der Waals surface area contributed by atoms with Crippen LogP contribution in [-0.2, 0) is 4.79 Å². The smallest absolute Gasteiger partial charge is 0.317 e. The molecule has 66 valence electrons. The van der Waals surface area contributed by atoms with Crippen molar-refractivity contribution in [2.75, 3.05) is 6.54 Å². The summed E-state index contributed by atoms with van der Waals surface area (Å²) in [7, 11) is 0. The topological polar surface area (TPSA) is 63.3 Å². The van der Waals surface area contributed by atoms with Crippen LogP contribution in [0.4, 0.5) is 0 Å². The number of hydrogen-bond acceptors (Lipinski definition) is 2. The van der Waals surface area contributed by atoms with Crippen molar-refractivity contribution in [2.24, 2.45) is 11.7 Å². The van der Waals surface area contributed by atoms with Crippen LogP contribution in [0.25, 0.3) is 0 Å². The lowest BCUT2D eigenvalue weighted by Crippen LogP contribution is -2.10. The second-order valence-electron chi connectivity index (χ2n) is 2.33. The van der Waals surface area contributed by atoms with Gasteiger partial charge in [0.15, 0.2) is 0 Å². The Balaban J connectivity index is -0.0000000965. The van der Waals surface area contributed by atoms with E-state index in [1.807, 2.05) is 0 Å². The normalized spacial score (nSPS) is 6.82. The summed E-state index contributed by atoms with van der Waals surface area (Å²) >= 11 is 0. The summed E-state index contributed by atoms with van der Waals surface area (Å²) in [6.07, 6.45) is 8.00. The molecule has 3 nitrogen and oxygen atoms in total. The van der Waals surface area contributed by atoms with Crippen LogP contribution >= 0.6 is 0 Å². The highest BCUT2D eigenvalue weighted by Gasteiger charge is 1.81. The highest BCUT2D eigenvalue weighted by atomic mass is 16.4. The molecule has 0 saturated heterocycles. The van der Waals surface area contributed by atoms with E-state index in [0.29, 0.717) is 0 Å². The first-order valence-electron chi connectivity index (χ1n) is 3.25. The van der Waals surface area contributed by atoms with Gasteiger partial charge in [0.25, 0.3) is 0 Å². The number of rotatable bonds is 1. The van der Waals surface area contributed by atoms with Crippen molar-refractivity contribution in [1.29, 1.82) is 0 Å². The van der Waals surface area contributed by atoms with Gasteiger partial charge < -0.3 is 10.8 Å². The van der Waals surface area contributed by atoms with Gasteiger partial charge in [0.1, 0.15) is 0 Å². The fraction of sp³-hybridized carbons (Fsp3) is 0.625. The number of carboxylic acids is 1. The molecular weight excluding hydrogens is 142 g/mol. The fourth-order valence-electron chi connectivity index (χ4n) is 0. The van der Waals surface area contributed by atoms with Crippen molar-refractivity contribution in [2.45, 2.75) is 20.8 Å². The van der Waals surface area contributed by atoms with E-state index in [1.54, 1.807) is 0 Å². The predicted octanol–water partition coefficient (Wildman–Crippen LogP) is 0.941. The first-order valence-corrected chi connectivity index (χ1v) is 3.25. The van der Waals surface area contributed by atoms with E-state index in [0.717, 1.165) is 5.92 Å². The molecule has 0 atom stereocenters. The molecule has 0 radical (unpaired) electrons. The van der Waals surface area contributed by atoms with Crippen molar-refractivity contribution in [1.82, 2.24) is 0 Å². The maximum absolute atomic E-state index is 9.24. The molecule has 0 spiro atoms. The first-order chi connectivity index (χ1) is 5.00. The Morgan fingerprint density at radius 1 is 1.45 bits per heavy atom. The Labute approximate surface area is 68.6 Å². The zero-order valence-electron chi connectivity index (χ0n) is 7.37. The maximum Gasteiger partial charge on any atom is 0.317 e. The largest absolute Gasteiger partial charge is 0.480 e. The summed E-state index contributed by atoms with van der Waals surface area (Å²) in [5, 5.41) is 7.60. The Morgan fingerprint density at radius 3 is 1.55 bits per heavy atom. The SMILES string of the molecule is C#C.CC(C)C.NCC(=O)O. The molecule has 0 aliphatic carbocycles. The molecule has 0 bridgehead atoms. The summed E-state index contributed by atoms with van der Waals surface area (Å²) in [6, 6.07) is 0. The summed E-state index contributed by atoms with van der Waals surface area (Å²) < 4.78 is 0. The van der Waals surface area contributed by atoms with Crippen LogP contribution in [0.2, 0.25) is 0 Å². The predicted molar refractivity (Wildman–Crippen MR) is 47.1 cm³/mol. The van der Waals surface area contributed by atoms with Gasteiger partial charge in [0.2, 0.25) is 0 Å². The minimum Gasteiger partial charge on any atom is -0.480 e. The van der Waals surface area contributed by atoms with Crippen molar-refractivity contribution >= 4 is 5.97 Å². The molecule has 0 aromatic carbocycles. The molecule has 0 aliphatic rings. The third-order valence-electron chi connectivity index (χ3n) is 0.175. The van der Waals surface area contributed by atoms with Gasteiger partial charge in [-0.25, -0.2) is 0 Å². The Morgan fingerprint density at radius 2 is 1.55 bits per heavy atom. The summed E-state index contributed by atoms with van der Waals surface area (Å²) in [5.74, 6) is -0.134. The number of carbonyl (C=O) groups is 1. The van der Waals surface area contributed by atoms with Crippen molar-refractivity contribution in [3.05, 3.63) is 0 Å². The number of terminal acetylenes is 1. The van der Waals surface area contributed by atoms with Crippen LogP contribution in [0.1, 0.15) is 20.8 Å². The number of nitrogens with two attached hydrogens (primary N) is 1. The van der Waals surface area contributed by atoms with E-state index in [-0.39, 0.29) is 6.54 Å². The molecule has 0 aromatic heterocycles. The number of hydrogen-bond donors (Lipinski definition) is 2. The molecule has 0 saturated carbocycles. The standard InChI is InChI=1S/C4H10.C2H5NO2.C2H2/c1-4(2)3;3-1-2(4)5;1-2/h4H,1-3H3;1,3H2,(H,4,5);1-2H. The summed E-state index contributed by atoms with van der Waals surface area (Å²) in [4.78, 5) is 9.24. The highest BCUT2D eigenvalue weighted by molar-refractivity contribution is 5.68. The van der Waals surface area contributed by atoms with E-state index in [1.165, 1.54) is 0 Å². The van der Waals surface area contributed by atoms with Gasteiger partial charge in [-0.3, -0.25) is 4.79 Å². The van der Waals surface area contributed by atoms with Gasteiger partial charge in [-0.1, -0.05) is 20.8 Å². The van der Waals surface area contributed by atoms with Gasteiger partial charge in [0.05, 0.1) is 6.54 Å². The molecule has 0 amide bonds. The molecule has 0 rings (SSSR count). The number of aliphatic carboxylic acids is 1. The lowest BCUT2D eigenvalue weighted by atomic mass is 10.3. The molecule has 0 aromatic rings. The minimum atomic E-state index is -0.968. The van der Waals surface area contributed by atoms with Gasteiger partial charge >= 0.3 is 5.97 Å². The second-order valence-corrected chi connectivity index (χ2v) is 2.33. The minimum absolute atomic E-state index is 0.278. The van der Waals surface area contributed by atoms with Crippen LogP contribution in [0.5, 0.6) is 0 Å². The van der Waals surface area contributed by atoms with Gasteiger partial charge in [-0.15, -0.1) is 12.8 Å². The lowest BCUT2D eigenvalue weighted by Gasteiger charge is -1.79. The third-order valence-corrected chi connectivity index (χ3v) is 0.175. The maximum atomic E-state index is 9.24. The van der Waals surface area contributed by atoms with Gasteiger partial charge in [0, 0.05) is 0 Å². The molecule has 0 fully saturated rings. The average molecular weight is 159 g/mol. The van der Waals surface area contributed by atoms with E-state index >= 15 is 0 Å². The zero-order chi connectivity index (χ0) is 9.86. The summed E-state index contributed by atoms with van der Waals surface area (Å²) in [5.41, 5.74) is 4.57. The van der Waals surface area contributed by atoms with E-state index in [4.69, 9.17) is 5.11 Å². The molecule has 3 N–H and O–H groups in total. The quantitative estimate of drug-likeness (QED) is 0.560. The van der Waals surface area contributed by atoms with E-state index in [2.05, 4.69) is 39.4 Å². The first kappa shape index (κ1) is 16.5. The Hall–Kier alpha value is -1.01. The van der Waals surface area contributed by atoms with Gasteiger partial charge in [-0.2, -0.15) is 0 Å². The monoisotopic (exact) mass is 159 g/mol.